The average Bonchev–Trinajstić information content (AvgIpc) is 3.03. The Balaban J connectivity index is 1.56. The van der Waals surface area contributed by atoms with Crippen LogP contribution in [0.3, 0.4) is 0 Å². The Bertz CT molecular complexity index is 830. The molecule has 2 aliphatic rings. The van der Waals surface area contributed by atoms with Crippen LogP contribution in [0.4, 0.5) is 4.39 Å². The smallest absolute Gasteiger partial charge is 0.226 e. The van der Waals surface area contributed by atoms with Gasteiger partial charge in [-0.2, -0.15) is 0 Å². The third-order valence-corrected chi connectivity index (χ3v) is 5.28. The van der Waals surface area contributed by atoms with Gasteiger partial charge >= 0.3 is 0 Å². The summed E-state index contributed by atoms with van der Waals surface area (Å²) in [4.78, 5) is 14.9. The molecular formula is C20H23FN2O3. The molecule has 3 heterocycles. The van der Waals surface area contributed by atoms with E-state index in [0.29, 0.717) is 37.4 Å². The Morgan fingerprint density at radius 1 is 1.38 bits per heavy atom. The molecule has 0 N–H and O–H groups in total. The molecule has 5 nitrogen and oxygen atoms in total. The van der Waals surface area contributed by atoms with Crippen molar-refractivity contribution in [1.82, 2.24) is 10.1 Å². The fourth-order valence-corrected chi connectivity index (χ4v) is 3.96. The van der Waals surface area contributed by atoms with Gasteiger partial charge in [-0.1, -0.05) is 17.3 Å². The normalized spacial score (nSPS) is 22.1. The van der Waals surface area contributed by atoms with Crippen molar-refractivity contribution in [3.05, 3.63) is 41.4 Å². The first-order valence-electron chi connectivity index (χ1n) is 9.09. The van der Waals surface area contributed by atoms with Gasteiger partial charge in [0.25, 0.3) is 0 Å². The molecule has 1 atom stereocenters. The fraction of sp³-hybridized carbons (Fsp3) is 0.500. The standard InChI is InChI=1S/C20H23FN2O3/c1-20(2)11-14(7-9-25-20)19(24)23-8-6-17-16(12-23)18(22-26-17)13-4-3-5-15(21)10-13/h3-5,10,14H,6-9,11-12H2,1-2H3. The van der Waals surface area contributed by atoms with Crippen molar-refractivity contribution in [2.75, 3.05) is 13.2 Å². The predicted molar refractivity (Wildman–Crippen MR) is 93.8 cm³/mol. The van der Waals surface area contributed by atoms with Gasteiger partial charge in [-0.3, -0.25) is 4.79 Å². The highest BCUT2D eigenvalue weighted by Crippen LogP contribution is 2.34. The molecule has 1 aromatic carbocycles. The van der Waals surface area contributed by atoms with Crippen LogP contribution in [0.1, 0.15) is 38.0 Å². The fourth-order valence-electron chi connectivity index (χ4n) is 3.96. The summed E-state index contributed by atoms with van der Waals surface area (Å²) in [6.07, 6.45) is 2.12. The predicted octanol–water partition coefficient (Wildman–Crippen LogP) is 3.57. The van der Waals surface area contributed by atoms with Crippen molar-refractivity contribution in [1.29, 1.82) is 0 Å². The molecule has 0 spiro atoms. The third kappa shape index (κ3) is 3.26. The number of carbonyl (C=O) groups excluding carboxylic acids is 1. The first kappa shape index (κ1) is 17.2. The molecule has 0 bridgehead atoms. The monoisotopic (exact) mass is 358 g/mol. The van der Waals surface area contributed by atoms with Gasteiger partial charge in [0.05, 0.1) is 12.1 Å². The van der Waals surface area contributed by atoms with Crippen LogP contribution in [0.5, 0.6) is 0 Å². The number of hydrogen-bond acceptors (Lipinski definition) is 4. The second kappa shape index (κ2) is 6.50. The SMILES string of the molecule is CC1(C)CC(C(=O)N2CCc3onc(-c4cccc(F)c4)c3C2)CCO1. The maximum atomic E-state index is 13.6. The van der Waals surface area contributed by atoms with Gasteiger partial charge in [-0.15, -0.1) is 0 Å². The molecule has 2 aliphatic heterocycles. The van der Waals surface area contributed by atoms with Gasteiger partial charge in [0.1, 0.15) is 17.3 Å². The molecule has 4 rings (SSSR count). The molecule has 6 heteroatoms. The van der Waals surface area contributed by atoms with Crippen molar-refractivity contribution in [2.45, 2.75) is 45.3 Å². The van der Waals surface area contributed by atoms with Crippen LogP contribution in [0, 0.1) is 11.7 Å². The van der Waals surface area contributed by atoms with E-state index in [2.05, 4.69) is 5.16 Å². The lowest BCUT2D eigenvalue weighted by atomic mass is 9.87. The summed E-state index contributed by atoms with van der Waals surface area (Å²) in [5, 5.41) is 4.14. The summed E-state index contributed by atoms with van der Waals surface area (Å²) in [6.45, 7) is 5.76. The summed E-state index contributed by atoms with van der Waals surface area (Å²) in [5.41, 5.74) is 1.94. The number of rotatable bonds is 2. The van der Waals surface area contributed by atoms with Crippen molar-refractivity contribution >= 4 is 5.91 Å². The van der Waals surface area contributed by atoms with Gasteiger partial charge in [-0.05, 0) is 38.8 Å². The van der Waals surface area contributed by atoms with Gasteiger partial charge < -0.3 is 14.2 Å². The van der Waals surface area contributed by atoms with Gasteiger partial charge in [0, 0.05) is 36.6 Å². The summed E-state index contributed by atoms with van der Waals surface area (Å²) in [5.74, 6) is 0.629. The first-order valence-corrected chi connectivity index (χ1v) is 9.09. The van der Waals surface area contributed by atoms with E-state index in [9.17, 15) is 9.18 Å². The number of carbonyl (C=O) groups is 1. The molecule has 1 saturated heterocycles. The van der Waals surface area contributed by atoms with Crippen LogP contribution in [-0.2, 0) is 22.5 Å². The molecule has 0 radical (unpaired) electrons. The summed E-state index contributed by atoms with van der Waals surface area (Å²) in [6, 6.07) is 6.31. The lowest BCUT2D eigenvalue weighted by Gasteiger charge is -2.37. The average molecular weight is 358 g/mol. The zero-order chi connectivity index (χ0) is 18.3. The summed E-state index contributed by atoms with van der Waals surface area (Å²) in [7, 11) is 0. The van der Waals surface area contributed by atoms with E-state index >= 15 is 0 Å². The number of aromatic nitrogens is 1. The molecule has 2 aromatic rings. The van der Waals surface area contributed by atoms with E-state index in [-0.39, 0.29) is 23.2 Å². The van der Waals surface area contributed by atoms with Gasteiger partial charge in [0.15, 0.2) is 0 Å². The van der Waals surface area contributed by atoms with Crippen molar-refractivity contribution in [3.8, 4) is 11.3 Å². The minimum atomic E-state index is -0.313. The lowest BCUT2D eigenvalue weighted by Crippen LogP contribution is -2.45. The van der Waals surface area contributed by atoms with Crippen LogP contribution in [0.25, 0.3) is 11.3 Å². The van der Waals surface area contributed by atoms with Crippen molar-refractivity contribution in [3.63, 3.8) is 0 Å². The largest absolute Gasteiger partial charge is 0.376 e. The number of fused-ring (bicyclic) bond motifs is 1. The Labute approximate surface area is 152 Å². The van der Waals surface area contributed by atoms with Gasteiger partial charge in [0.2, 0.25) is 5.91 Å². The highest BCUT2D eigenvalue weighted by molar-refractivity contribution is 5.80. The zero-order valence-electron chi connectivity index (χ0n) is 15.1. The number of hydrogen-bond donors (Lipinski definition) is 0. The molecule has 1 amide bonds. The Morgan fingerprint density at radius 2 is 2.23 bits per heavy atom. The third-order valence-electron chi connectivity index (χ3n) is 5.28. The van der Waals surface area contributed by atoms with Crippen LogP contribution in [-0.4, -0.2) is 34.7 Å². The molecule has 1 unspecified atom stereocenters. The maximum absolute atomic E-state index is 13.6. The minimum absolute atomic E-state index is 0.0159. The van der Waals surface area contributed by atoms with E-state index in [1.54, 1.807) is 6.07 Å². The van der Waals surface area contributed by atoms with Crippen LogP contribution in [0.2, 0.25) is 0 Å². The number of halogens is 1. The highest BCUT2D eigenvalue weighted by Gasteiger charge is 2.37. The van der Waals surface area contributed by atoms with Gasteiger partial charge in [-0.25, -0.2) is 4.39 Å². The van der Waals surface area contributed by atoms with Crippen LogP contribution >= 0.6 is 0 Å². The van der Waals surface area contributed by atoms with E-state index < -0.39 is 0 Å². The molecule has 0 saturated carbocycles. The highest BCUT2D eigenvalue weighted by atomic mass is 19.1. The van der Waals surface area contributed by atoms with Crippen LogP contribution < -0.4 is 0 Å². The molecule has 26 heavy (non-hydrogen) atoms. The zero-order valence-corrected chi connectivity index (χ0v) is 15.1. The Hall–Kier alpha value is -2.21. The van der Waals surface area contributed by atoms with Crippen molar-refractivity contribution in [2.24, 2.45) is 5.92 Å². The molecule has 0 aliphatic carbocycles. The van der Waals surface area contributed by atoms with Crippen LogP contribution in [0.15, 0.2) is 28.8 Å². The quantitative estimate of drug-likeness (QED) is 0.824. The van der Waals surface area contributed by atoms with Crippen molar-refractivity contribution < 1.29 is 18.4 Å². The summed E-state index contributed by atoms with van der Waals surface area (Å²) >= 11 is 0. The number of benzene rings is 1. The minimum Gasteiger partial charge on any atom is -0.376 e. The second-order valence-electron chi connectivity index (χ2n) is 7.75. The second-order valence-corrected chi connectivity index (χ2v) is 7.75. The Morgan fingerprint density at radius 3 is 3.00 bits per heavy atom. The maximum Gasteiger partial charge on any atom is 0.226 e. The Kier molecular flexibility index (Phi) is 4.31. The molecule has 138 valence electrons. The molecule has 1 fully saturated rings. The molecule has 1 aromatic heterocycles. The van der Waals surface area contributed by atoms with E-state index in [4.69, 9.17) is 9.26 Å². The number of nitrogens with zero attached hydrogens (tertiary/aromatic N) is 2. The topological polar surface area (TPSA) is 55.6 Å². The number of ether oxygens (including phenoxy) is 1. The molecular weight excluding hydrogens is 335 g/mol. The lowest BCUT2D eigenvalue weighted by molar-refractivity contribution is -0.146. The summed E-state index contributed by atoms with van der Waals surface area (Å²) < 4.78 is 24.8. The van der Waals surface area contributed by atoms with E-state index in [0.717, 1.165) is 24.2 Å². The number of amides is 1. The first-order chi connectivity index (χ1) is 12.4. The van der Waals surface area contributed by atoms with E-state index in [1.807, 2.05) is 24.8 Å². The van der Waals surface area contributed by atoms with E-state index in [1.165, 1.54) is 12.1 Å².